The van der Waals surface area contributed by atoms with E-state index in [1.807, 2.05) is 7.05 Å². The Bertz CT molecular complexity index is 372. The van der Waals surface area contributed by atoms with E-state index in [9.17, 15) is 0 Å². The first-order valence-electron chi connectivity index (χ1n) is 8.09. The third-order valence-electron chi connectivity index (χ3n) is 5.14. The third-order valence-corrected chi connectivity index (χ3v) is 5.14. The summed E-state index contributed by atoms with van der Waals surface area (Å²) in [5.41, 5.74) is 0.582. The van der Waals surface area contributed by atoms with Gasteiger partial charge >= 0.3 is 0 Å². The number of aliphatic imine (C=N–C) groups is 1. The summed E-state index contributed by atoms with van der Waals surface area (Å²) < 4.78 is 5.54. The Kier molecular flexibility index (Phi) is 5.15. The van der Waals surface area contributed by atoms with Gasteiger partial charge < -0.3 is 19.9 Å². The summed E-state index contributed by atoms with van der Waals surface area (Å²) in [6, 6.07) is 0. The summed E-state index contributed by atoms with van der Waals surface area (Å²) >= 11 is 0. The minimum absolute atomic E-state index is 0.184. The Morgan fingerprint density at radius 3 is 2.38 bits per heavy atom. The number of hydrogen-bond donors (Lipinski definition) is 1. The van der Waals surface area contributed by atoms with E-state index in [0.717, 1.165) is 51.6 Å². The Morgan fingerprint density at radius 2 is 1.90 bits per heavy atom. The fourth-order valence-corrected chi connectivity index (χ4v) is 3.40. The molecule has 0 unspecified atom stereocenters. The summed E-state index contributed by atoms with van der Waals surface area (Å²) in [6.07, 6.45) is 3.39. The van der Waals surface area contributed by atoms with Crippen LogP contribution in [0, 0.1) is 5.41 Å². The monoisotopic (exact) mass is 296 g/mol. The quantitative estimate of drug-likeness (QED) is 0.631. The van der Waals surface area contributed by atoms with Crippen LogP contribution in [-0.4, -0.2) is 75.3 Å². The summed E-state index contributed by atoms with van der Waals surface area (Å²) in [5, 5.41) is 3.62. The van der Waals surface area contributed by atoms with Crippen LogP contribution in [-0.2, 0) is 4.74 Å². The number of rotatable bonds is 3. The highest BCUT2D eigenvalue weighted by Crippen LogP contribution is 2.29. The van der Waals surface area contributed by atoms with Gasteiger partial charge in [0.15, 0.2) is 5.96 Å². The van der Waals surface area contributed by atoms with Crippen LogP contribution in [0.2, 0.25) is 0 Å². The van der Waals surface area contributed by atoms with Crippen molar-refractivity contribution in [2.24, 2.45) is 10.4 Å². The summed E-state index contributed by atoms with van der Waals surface area (Å²) in [5.74, 6) is 1.05. The van der Waals surface area contributed by atoms with Crippen LogP contribution in [0.5, 0.6) is 0 Å². The van der Waals surface area contributed by atoms with Crippen LogP contribution in [0.25, 0.3) is 0 Å². The molecule has 0 aromatic heterocycles. The lowest BCUT2D eigenvalue weighted by molar-refractivity contribution is -0.00522. The highest BCUT2D eigenvalue weighted by molar-refractivity contribution is 5.80. The van der Waals surface area contributed by atoms with E-state index >= 15 is 0 Å². The number of nitrogens with zero attached hydrogens (tertiary/aromatic N) is 3. The second kappa shape index (κ2) is 6.53. The molecule has 0 amide bonds. The molecule has 2 rings (SSSR count). The lowest BCUT2D eigenvalue weighted by Crippen LogP contribution is -2.57. The minimum Gasteiger partial charge on any atom is -0.381 e. The fourth-order valence-electron chi connectivity index (χ4n) is 3.40. The molecule has 5 nitrogen and oxygen atoms in total. The molecule has 1 N–H and O–H groups in total. The van der Waals surface area contributed by atoms with Crippen LogP contribution in [0.3, 0.4) is 0 Å². The van der Waals surface area contributed by atoms with Crippen molar-refractivity contribution < 1.29 is 4.74 Å². The second-order valence-electron chi connectivity index (χ2n) is 7.47. The maximum Gasteiger partial charge on any atom is 0.193 e. The van der Waals surface area contributed by atoms with Gasteiger partial charge in [-0.2, -0.15) is 0 Å². The average molecular weight is 296 g/mol. The lowest BCUT2D eigenvalue weighted by atomic mass is 9.88. The van der Waals surface area contributed by atoms with Crippen molar-refractivity contribution in [3.63, 3.8) is 0 Å². The molecule has 0 aliphatic carbocycles. The summed E-state index contributed by atoms with van der Waals surface area (Å²) in [7, 11) is 6.24. The maximum absolute atomic E-state index is 5.54. The van der Waals surface area contributed by atoms with E-state index in [1.165, 1.54) is 6.42 Å². The third kappa shape index (κ3) is 3.89. The molecular formula is C16H32N4O. The first-order chi connectivity index (χ1) is 9.88. The van der Waals surface area contributed by atoms with Crippen molar-refractivity contribution in [2.75, 3.05) is 54.0 Å². The van der Waals surface area contributed by atoms with Gasteiger partial charge in [-0.3, -0.25) is 4.99 Å². The second-order valence-corrected chi connectivity index (χ2v) is 7.47. The Labute approximate surface area is 129 Å². The van der Waals surface area contributed by atoms with Crippen molar-refractivity contribution in [1.82, 2.24) is 15.1 Å². The Morgan fingerprint density at radius 1 is 1.24 bits per heavy atom. The molecule has 0 aromatic rings. The molecule has 0 aromatic carbocycles. The number of likely N-dealkylation sites (tertiary alicyclic amines) is 1. The van der Waals surface area contributed by atoms with Gasteiger partial charge in [-0.15, -0.1) is 0 Å². The zero-order valence-corrected chi connectivity index (χ0v) is 14.4. The topological polar surface area (TPSA) is 40.1 Å². The molecule has 2 aliphatic rings. The van der Waals surface area contributed by atoms with E-state index in [2.05, 4.69) is 48.1 Å². The zero-order chi connectivity index (χ0) is 15.5. The first-order valence-corrected chi connectivity index (χ1v) is 8.09. The average Bonchev–Trinajstić information content (AvgIpc) is 2.80. The number of hydrogen-bond acceptors (Lipinski definition) is 3. The molecule has 2 heterocycles. The fraction of sp³-hybridized carbons (Fsp3) is 0.938. The van der Waals surface area contributed by atoms with Crippen molar-refractivity contribution in [1.29, 1.82) is 0 Å². The number of likely N-dealkylation sites (N-methyl/N-ethyl adjacent to an activating group) is 1. The molecule has 2 aliphatic heterocycles. The van der Waals surface area contributed by atoms with E-state index in [0.29, 0.717) is 5.41 Å². The van der Waals surface area contributed by atoms with Crippen molar-refractivity contribution in [3.05, 3.63) is 0 Å². The molecule has 0 radical (unpaired) electrons. The van der Waals surface area contributed by atoms with Crippen LogP contribution in [0.15, 0.2) is 4.99 Å². The molecule has 0 spiro atoms. The molecule has 0 atom stereocenters. The largest absolute Gasteiger partial charge is 0.381 e. The lowest BCUT2D eigenvalue weighted by Gasteiger charge is -2.43. The van der Waals surface area contributed by atoms with Crippen molar-refractivity contribution in [2.45, 2.75) is 38.6 Å². The van der Waals surface area contributed by atoms with Gasteiger partial charge in [-0.05, 0) is 38.8 Å². The Balaban J connectivity index is 1.96. The predicted octanol–water partition coefficient (Wildman–Crippen LogP) is 1.40. The molecule has 2 fully saturated rings. The minimum atomic E-state index is 0.184. The molecule has 0 saturated carbocycles. The van der Waals surface area contributed by atoms with Gasteiger partial charge in [0.05, 0.1) is 0 Å². The summed E-state index contributed by atoms with van der Waals surface area (Å²) in [4.78, 5) is 9.23. The Hall–Kier alpha value is -0.810. The number of guanidine groups is 1. The molecule has 2 saturated heterocycles. The molecule has 5 heteroatoms. The van der Waals surface area contributed by atoms with Crippen molar-refractivity contribution >= 4 is 5.96 Å². The van der Waals surface area contributed by atoms with Gasteiger partial charge in [0.2, 0.25) is 0 Å². The van der Waals surface area contributed by atoms with Crippen LogP contribution in [0.4, 0.5) is 0 Å². The molecule has 0 bridgehead atoms. The van der Waals surface area contributed by atoms with Gasteiger partial charge in [0, 0.05) is 45.4 Å². The molecule has 21 heavy (non-hydrogen) atoms. The normalized spacial score (nSPS) is 25.4. The predicted molar refractivity (Wildman–Crippen MR) is 87.8 cm³/mol. The van der Waals surface area contributed by atoms with Gasteiger partial charge in [-0.25, -0.2) is 0 Å². The van der Waals surface area contributed by atoms with E-state index in [1.54, 1.807) is 0 Å². The van der Waals surface area contributed by atoms with E-state index in [4.69, 9.17) is 4.74 Å². The summed E-state index contributed by atoms with van der Waals surface area (Å²) in [6.45, 7) is 9.51. The standard InChI is InChI=1S/C16H32N4O/c1-15(2)6-9-20(13-15)14(17-3)18-12-16(19(4)5)7-10-21-11-8-16/h6-13H2,1-5H3,(H,17,18). The smallest absolute Gasteiger partial charge is 0.193 e. The first kappa shape index (κ1) is 16.6. The molecular weight excluding hydrogens is 264 g/mol. The van der Waals surface area contributed by atoms with Gasteiger partial charge in [-0.1, -0.05) is 13.8 Å². The van der Waals surface area contributed by atoms with E-state index in [-0.39, 0.29) is 5.54 Å². The highest BCUT2D eigenvalue weighted by atomic mass is 16.5. The van der Waals surface area contributed by atoms with Crippen LogP contribution < -0.4 is 5.32 Å². The van der Waals surface area contributed by atoms with Crippen LogP contribution in [0.1, 0.15) is 33.1 Å². The van der Waals surface area contributed by atoms with Gasteiger partial charge in [0.25, 0.3) is 0 Å². The number of ether oxygens (including phenoxy) is 1. The van der Waals surface area contributed by atoms with E-state index < -0.39 is 0 Å². The highest BCUT2D eigenvalue weighted by Gasteiger charge is 2.36. The van der Waals surface area contributed by atoms with Crippen molar-refractivity contribution in [3.8, 4) is 0 Å². The zero-order valence-electron chi connectivity index (χ0n) is 14.4. The van der Waals surface area contributed by atoms with Gasteiger partial charge in [0.1, 0.15) is 0 Å². The molecule has 122 valence electrons. The SMILES string of the molecule is CN=C(NCC1(N(C)C)CCOCC1)N1CCC(C)(C)C1. The number of nitrogens with one attached hydrogen (secondary N) is 1. The maximum atomic E-state index is 5.54. The van der Waals surface area contributed by atoms with Crippen LogP contribution >= 0.6 is 0 Å².